The number of urea groups is 1. The van der Waals surface area contributed by atoms with Crippen LogP contribution in [0.2, 0.25) is 0 Å². The monoisotopic (exact) mass is 581 g/mol. The van der Waals surface area contributed by atoms with Crippen LogP contribution in [0.1, 0.15) is 28.8 Å². The van der Waals surface area contributed by atoms with Gasteiger partial charge in [-0.3, -0.25) is 25.1 Å². The van der Waals surface area contributed by atoms with Crippen LogP contribution < -0.4 is 15.5 Å². The van der Waals surface area contributed by atoms with Crippen LogP contribution in [-0.4, -0.2) is 71.9 Å². The summed E-state index contributed by atoms with van der Waals surface area (Å²) < 4.78 is 34.1. The second kappa shape index (κ2) is 13.4. The number of ether oxygens (including phenoxy) is 1. The molecule has 1 saturated heterocycles. The molecule has 0 aliphatic carbocycles. The summed E-state index contributed by atoms with van der Waals surface area (Å²) in [5.74, 6) is -1.51. The summed E-state index contributed by atoms with van der Waals surface area (Å²) in [4.78, 5) is 43.7. The number of sulfonamides is 1. The maximum absolute atomic E-state index is 14.0. The van der Waals surface area contributed by atoms with E-state index in [1.165, 1.54) is 48.7 Å². The molecule has 2 aromatic carbocycles. The number of hydrogen-bond acceptors (Lipinski definition) is 8. The van der Waals surface area contributed by atoms with E-state index in [1.807, 2.05) is 0 Å². The lowest BCUT2D eigenvalue weighted by atomic mass is 9.88. The van der Waals surface area contributed by atoms with Gasteiger partial charge < -0.3 is 9.64 Å². The molecule has 3 N–H and O–H groups in total. The van der Waals surface area contributed by atoms with Crippen molar-refractivity contribution in [2.45, 2.75) is 30.3 Å². The molecular weight excluding hydrogens is 550 g/mol. The number of nitrogens with zero attached hydrogens (tertiary/aromatic N) is 3. The van der Waals surface area contributed by atoms with Crippen molar-refractivity contribution in [3.8, 4) is 5.75 Å². The van der Waals surface area contributed by atoms with Gasteiger partial charge in [-0.25, -0.2) is 18.7 Å². The van der Waals surface area contributed by atoms with Gasteiger partial charge in [0.2, 0.25) is 10.0 Å². The number of likely N-dealkylation sites (tertiary alicyclic amines) is 1. The number of aromatic nitrogens is 1. The van der Waals surface area contributed by atoms with Gasteiger partial charge in [-0.15, -0.1) is 0 Å². The van der Waals surface area contributed by atoms with Crippen molar-refractivity contribution in [2.75, 3.05) is 20.2 Å². The molecule has 12 nitrogen and oxygen atoms in total. The molecule has 3 aromatic rings. The Morgan fingerprint density at radius 2 is 1.66 bits per heavy atom. The summed E-state index contributed by atoms with van der Waals surface area (Å²) in [6, 6.07) is 15.5. The summed E-state index contributed by atoms with van der Waals surface area (Å²) in [5, 5.41) is 12.0. The standard InChI is InChI=1S/C28H31N5O7S/c1-40-23-7-9-24(10-8-23)41(38,39)33(19-20-11-15-29-16-12-20)25(27(35)31-37)21-13-17-32(18-14-21)28(36)30-26(34)22-5-3-2-4-6-22/h2-12,15-16,21,25,37H,13-14,17-19H2,1H3,(H,31,35)(H,30,34,36)/t25-/m1/s1. The molecule has 1 aliphatic heterocycles. The van der Waals surface area contributed by atoms with Crippen LogP contribution in [-0.2, 0) is 21.4 Å². The van der Waals surface area contributed by atoms with Crippen molar-refractivity contribution in [3.63, 3.8) is 0 Å². The van der Waals surface area contributed by atoms with Crippen LogP contribution in [0, 0.1) is 5.92 Å². The normalized spacial score (nSPS) is 14.8. The first-order valence-corrected chi connectivity index (χ1v) is 14.3. The number of piperidine rings is 1. The van der Waals surface area contributed by atoms with Gasteiger partial charge in [-0.1, -0.05) is 18.2 Å². The Hall–Kier alpha value is -4.33. The Morgan fingerprint density at radius 3 is 2.24 bits per heavy atom. The van der Waals surface area contributed by atoms with Crippen LogP contribution in [0.4, 0.5) is 4.79 Å². The molecule has 1 atom stereocenters. The van der Waals surface area contributed by atoms with E-state index >= 15 is 0 Å². The fourth-order valence-corrected chi connectivity index (χ4v) is 6.42. The van der Waals surface area contributed by atoms with Gasteiger partial charge in [-0.2, -0.15) is 4.31 Å². The topological polar surface area (TPSA) is 158 Å². The molecule has 216 valence electrons. The Kier molecular flexibility index (Phi) is 9.65. The number of hydrogen-bond donors (Lipinski definition) is 3. The summed E-state index contributed by atoms with van der Waals surface area (Å²) in [6.45, 7) is 0.167. The molecule has 0 bridgehead atoms. The Balaban J connectivity index is 1.57. The van der Waals surface area contributed by atoms with Gasteiger partial charge in [0, 0.05) is 37.6 Å². The number of rotatable bonds is 9. The van der Waals surface area contributed by atoms with E-state index in [2.05, 4.69) is 10.3 Å². The molecule has 1 aromatic heterocycles. The third kappa shape index (κ3) is 7.06. The number of benzene rings is 2. The number of carbonyl (C=O) groups excluding carboxylic acids is 3. The number of carbonyl (C=O) groups is 3. The van der Waals surface area contributed by atoms with Crippen LogP contribution in [0.3, 0.4) is 0 Å². The molecule has 41 heavy (non-hydrogen) atoms. The zero-order valence-corrected chi connectivity index (χ0v) is 23.2. The lowest BCUT2D eigenvalue weighted by molar-refractivity contribution is -0.135. The van der Waals surface area contributed by atoms with Gasteiger partial charge in [0.05, 0.1) is 12.0 Å². The molecule has 0 spiro atoms. The highest BCUT2D eigenvalue weighted by Crippen LogP contribution is 2.31. The number of methoxy groups -OCH3 is 1. The summed E-state index contributed by atoms with van der Waals surface area (Å²) in [7, 11) is -2.79. The van der Waals surface area contributed by atoms with Gasteiger partial charge in [0.1, 0.15) is 11.8 Å². The van der Waals surface area contributed by atoms with Crippen molar-refractivity contribution >= 4 is 27.9 Å². The van der Waals surface area contributed by atoms with Crippen molar-refractivity contribution in [1.29, 1.82) is 0 Å². The Labute approximate surface area is 238 Å². The Bertz CT molecular complexity index is 1450. The van der Waals surface area contributed by atoms with E-state index in [4.69, 9.17) is 4.74 Å². The van der Waals surface area contributed by atoms with Crippen molar-refractivity contribution in [1.82, 2.24) is 25.0 Å². The number of imide groups is 1. The van der Waals surface area contributed by atoms with Crippen molar-refractivity contribution in [2.24, 2.45) is 5.92 Å². The van der Waals surface area contributed by atoms with Crippen LogP contribution in [0.15, 0.2) is 84.0 Å². The van der Waals surface area contributed by atoms with E-state index in [0.29, 0.717) is 16.9 Å². The van der Waals surface area contributed by atoms with E-state index in [1.54, 1.807) is 47.9 Å². The highest BCUT2D eigenvalue weighted by molar-refractivity contribution is 7.89. The second-order valence-electron chi connectivity index (χ2n) is 9.45. The minimum atomic E-state index is -4.26. The second-order valence-corrected chi connectivity index (χ2v) is 11.3. The Morgan fingerprint density at radius 1 is 1.02 bits per heavy atom. The van der Waals surface area contributed by atoms with E-state index in [9.17, 15) is 28.0 Å². The lowest BCUT2D eigenvalue weighted by Gasteiger charge is -2.39. The first kappa shape index (κ1) is 29.6. The molecule has 4 amide bonds. The van der Waals surface area contributed by atoms with Gasteiger partial charge >= 0.3 is 6.03 Å². The zero-order chi connectivity index (χ0) is 29.4. The minimum Gasteiger partial charge on any atom is -0.497 e. The van der Waals surface area contributed by atoms with E-state index in [0.717, 1.165) is 4.31 Å². The number of amides is 4. The molecule has 0 unspecified atom stereocenters. The fraction of sp³-hybridized carbons (Fsp3) is 0.286. The van der Waals surface area contributed by atoms with Gasteiger partial charge in [-0.05, 0) is 72.9 Å². The molecule has 2 heterocycles. The first-order valence-electron chi connectivity index (χ1n) is 12.9. The van der Waals surface area contributed by atoms with Crippen LogP contribution >= 0.6 is 0 Å². The number of pyridine rings is 1. The van der Waals surface area contributed by atoms with E-state index in [-0.39, 0.29) is 37.4 Å². The lowest BCUT2D eigenvalue weighted by Crippen LogP contribution is -2.55. The summed E-state index contributed by atoms with van der Waals surface area (Å²) >= 11 is 0. The van der Waals surface area contributed by atoms with Gasteiger partial charge in [0.15, 0.2) is 0 Å². The van der Waals surface area contributed by atoms with E-state index < -0.39 is 39.8 Å². The highest BCUT2D eigenvalue weighted by atomic mass is 32.2. The summed E-state index contributed by atoms with van der Waals surface area (Å²) in [6.07, 6.45) is 3.52. The van der Waals surface area contributed by atoms with Crippen LogP contribution in [0.5, 0.6) is 5.75 Å². The number of nitrogens with one attached hydrogen (secondary N) is 2. The average molecular weight is 582 g/mol. The molecular formula is C28H31N5O7S. The maximum Gasteiger partial charge on any atom is 0.324 e. The summed E-state index contributed by atoms with van der Waals surface area (Å²) in [5.41, 5.74) is 2.56. The van der Waals surface area contributed by atoms with Crippen molar-refractivity contribution < 1.29 is 32.7 Å². The first-order chi connectivity index (χ1) is 19.7. The highest BCUT2D eigenvalue weighted by Gasteiger charge is 2.42. The zero-order valence-electron chi connectivity index (χ0n) is 22.3. The predicted octanol–water partition coefficient (Wildman–Crippen LogP) is 2.42. The number of hydroxylamine groups is 1. The van der Waals surface area contributed by atoms with Gasteiger partial charge in [0.25, 0.3) is 11.8 Å². The third-order valence-electron chi connectivity index (χ3n) is 6.97. The average Bonchev–Trinajstić information content (AvgIpc) is 3.01. The van der Waals surface area contributed by atoms with Crippen molar-refractivity contribution in [3.05, 3.63) is 90.3 Å². The predicted molar refractivity (Wildman–Crippen MR) is 147 cm³/mol. The molecule has 0 radical (unpaired) electrons. The third-order valence-corrected chi connectivity index (χ3v) is 8.81. The quantitative estimate of drug-likeness (QED) is 0.257. The minimum absolute atomic E-state index is 0.0562. The molecule has 1 fully saturated rings. The molecule has 1 aliphatic rings. The van der Waals surface area contributed by atoms with Crippen LogP contribution in [0.25, 0.3) is 0 Å². The maximum atomic E-state index is 14.0. The smallest absolute Gasteiger partial charge is 0.324 e. The SMILES string of the molecule is COc1ccc(S(=O)(=O)N(Cc2ccncc2)[C@@H](C(=O)NO)C2CCN(C(=O)NC(=O)c3ccccc3)CC2)cc1. The molecule has 13 heteroatoms. The molecule has 0 saturated carbocycles. The molecule has 4 rings (SSSR count). The largest absolute Gasteiger partial charge is 0.497 e. The fourth-order valence-electron chi connectivity index (χ4n) is 4.79.